The van der Waals surface area contributed by atoms with Gasteiger partial charge in [-0.2, -0.15) is 0 Å². The molecule has 2 aliphatic rings. The Morgan fingerprint density at radius 3 is 2.72 bits per heavy atom. The van der Waals surface area contributed by atoms with Gasteiger partial charge in [0.25, 0.3) is 12.2 Å². The van der Waals surface area contributed by atoms with Crippen molar-refractivity contribution in [2.75, 3.05) is 13.2 Å². The number of rotatable bonds is 5. The minimum atomic E-state index is -0.383. The quantitative estimate of drug-likeness (QED) is 0.621. The van der Waals surface area contributed by atoms with E-state index in [1.807, 2.05) is 52.7 Å². The third-order valence-corrected chi connectivity index (χ3v) is 6.05. The van der Waals surface area contributed by atoms with Gasteiger partial charge in [-0.15, -0.1) is 0 Å². The number of amides is 1. The van der Waals surface area contributed by atoms with Gasteiger partial charge in [-0.1, -0.05) is 23.2 Å². The molecular weight excluding hydrogens is 407 g/mol. The summed E-state index contributed by atoms with van der Waals surface area (Å²) in [6.45, 7) is 3.85. The highest BCUT2D eigenvalue weighted by atomic mass is 19.1. The Balaban J connectivity index is 1.42. The van der Waals surface area contributed by atoms with Gasteiger partial charge in [0.2, 0.25) is 0 Å². The number of fused-ring (bicyclic) bond motifs is 1. The second kappa shape index (κ2) is 8.67. The van der Waals surface area contributed by atoms with Gasteiger partial charge in [-0.25, -0.2) is 8.97 Å². The van der Waals surface area contributed by atoms with E-state index in [1.54, 1.807) is 12.3 Å². The normalized spacial score (nSPS) is 18.8. The Morgan fingerprint density at radius 2 is 2.00 bits per heavy atom. The van der Waals surface area contributed by atoms with Crippen LogP contribution in [-0.4, -0.2) is 52.9 Å². The van der Waals surface area contributed by atoms with Crippen molar-refractivity contribution >= 4 is 35.1 Å². The predicted molar refractivity (Wildman–Crippen MR) is 123 cm³/mol. The minimum absolute atomic E-state index is 0.0580. The summed E-state index contributed by atoms with van der Waals surface area (Å²) in [5, 5.41) is 3.42. The van der Waals surface area contributed by atoms with Gasteiger partial charge in [0.1, 0.15) is 17.7 Å². The Bertz CT molecular complexity index is 1210. The third-order valence-electron chi connectivity index (χ3n) is 6.05. The lowest BCUT2D eigenvalue weighted by molar-refractivity contribution is -0.285. The summed E-state index contributed by atoms with van der Waals surface area (Å²) >= 11 is 0. The summed E-state index contributed by atoms with van der Waals surface area (Å²) in [5.74, 6) is -0.620. The first-order valence-corrected chi connectivity index (χ1v) is 11.0. The minimum Gasteiger partial charge on any atom is -0.381 e. The van der Waals surface area contributed by atoms with Gasteiger partial charge in [0.05, 0.1) is 11.1 Å². The predicted octanol–water partition coefficient (Wildman–Crippen LogP) is 3.88. The van der Waals surface area contributed by atoms with Crippen molar-refractivity contribution in [2.45, 2.75) is 38.4 Å². The van der Waals surface area contributed by atoms with Crippen LogP contribution < -0.4 is 5.32 Å². The lowest BCUT2D eigenvalue weighted by Crippen LogP contribution is -2.38. The van der Waals surface area contributed by atoms with Crippen molar-refractivity contribution in [3.63, 3.8) is 0 Å². The van der Waals surface area contributed by atoms with E-state index < -0.39 is 0 Å². The smallest absolute Gasteiger partial charge is 0.285 e. The molecule has 7 heteroatoms. The number of carbonyl (C=O) groups excluding carboxylic acids is 1. The van der Waals surface area contributed by atoms with Crippen LogP contribution in [0.25, 0.3) is 10.9 Å². The summed E-state index contributed by atoms with van der Waals surface area (Å²) in [7, 11) is 0. The summed E-state index contributed by atoms with van der Waals surface area (Å²) in [5.41, 5.74) is 3.19. The molecule has 1 atom stereocenters. The lowest BCUT2D eigenvalue weighted by atomic mass is 10.1. The first kappa shape index (κ1) is 20.6. The number of aromatic nitrogens is 1. The fourth-order valence-corrected chi connectivity index (χ4v) is 4.33. The van der Waals surface area contributed by atoms with Crippen LogP contribution in [0.15, 0.2) is 53.7 Å². The zero-order valence-corrected chi connectivity index (χ0v) is 18.0. The second-order valence-electron chi connectivity index (χ2n) is 8.39. The monoisotopic (exact) mass is 433 g/mol. The molecule has 1 unspecified atom stereocenters. The SMILES string of the molecule is CC1C=[N+](c2ccc(Cn3cc(C(=O)NC4CCOCC4)c4c(F)cccc43)cc2)C=N1. The Kier molecular flexibility index (Phi) is 5.57. The van der Waals surface area contributed by atoms with Crippen molar-refractivity contribution in [1.29, 1.82) is 0 Å². The lowest BCUT2D eigenvalue weighted by Gasteiger charge is -2.22. The molecule has 164 valence electrons. The van der Waals surface area contributed by atoms with Crippen LogP contribution in [0.4, 0.5) is 10.1 Å². The van der Waals surface area contributed by atoms with E-state index in [4.69, 9.17) is 4.74 Å². The molecule has 3 aromatic rings. The third kappa shape index (κ3) is 4.08. The number of hydrogen-bond donors (Lipinski definition) is 1. The molecule has 0 saturated carbocycles. The fraction of sp³-hybridized carbons (Fsp3) is 0.320. The number of benzene rings is 2. The zero-order valence-electron chi connectivity index (χ0n) is 18.0. The van der Waals surface area contributed by atoms with Crippen LogP contribution in [0.1, 0.15) is 35.7 Å². The summed E-state index contributed by atoms with van der Waals surface area (Å²) < 4.78 is 24.1. The van der Waals surface area contributed by atoms with Crippen molar-refractivity contribution < 1.29 is 18.5 Å². The molecule has 2 aromatic carbocycles. The molecule has 1 N–H and O–H groups in total. The molecule has 1 fully saturated rings. The maximum Gasteiger partial charge on any atom is 0.285 e. The highest BCUT2D eigenvalue weighted by molar-refractivity contribution is 6.07. The van der Waals surface area contributed by atoms with E-state index in [1.165, 1.54) is 6.07 Å². The number of aliphatic imine (C=N–C) groups is 1. The molecule has 6 nitrogen and oxygen atoms in total. The van der Waals surface area contributed by atoms with Gasteiger partial charge in [-0.3, -0.25) is 4.79 Å². The summed E-state index contributed by atoms with van der Waals surface area (Å²) in [4.78, 5) is 17.4. The van der Waals surface area contributed by atoms with E-state index in [0.29, 0.717) is 36.2 Å². The average Bonchev–Trinajstić information content (AvgIpc) is 3.40. The van der Waals surface area contributed by atoms with Gasteiger partial charge in [0.15, 0.2) is 6.04 Å². The molecule has 2 aliphatic heterocycles. The van der Waals surface area contributed by atoms with Crippen LogP contribution in [-0.2, 0) is 11.3 Å². The van der Waals surface area contributed by atoms with Crippen molar-refractivity contribution in [3.8, 4) is 0 Å². The molecule has 1 amide bonds. The first-order valence-electron chi connectivity index (χ1n) is 11.0. The first-order chi connectivity index (χ1) is 15.6. The van der Waals surface area contributed by atoms with Gasteiger partial charge >= 0.3 is 0 Å². The molecule has 0 spiro atoms. The maximum absolute atomic E-state index is 14.8. The topological polar surface area (TPSA) is 58.6 Å². The molecule has 0 radical (unpaired) electrons. The molecule has 1 aromatic heterocycles. The molecule has 0 aliphatic carbocycles. The van der Waals surface area contributed by atoms with Gasteiger partial charge < -0.3 is 14.6 Å². The fourth-order valence-electron chi connectivity index (χ4n) is 4.33. The number of hydrogen-bond acceptors (Lipinski definition) is 3. The average molecular weight is 434 g/mol. The Hall–Kier alpha value is -3.32. The summed E-state index contributed by atoms with van der Waals surface area (Å²) in [6, 6.07) is 13.4. The molecular formula is C25H26FN4O2+. The van der Waals surface area contributed by atoms with E-state index >= 15 is 0 Å². The summed E-state index contributed by atoms with van der Waals surface area (Å²) in [6.07, 6.45) is 7.19. The van der Waals surface area contributed by atoms with Crippen LogP contribution in [0.5, 0.6) is 0 Å². The van der Waals surface area contributed by atoms with Crippen LogP contribution >= 0.6 is 0 Å². The van der Waals surface area contributed by atoms with Crippen molar-refractivity contribution in [2.24, 2.45) is 4.99 Å². The number of nitrogens with zero attached hydrogens (tertiary/aromatic N) is 3. The van der Waals surface area contributed by atoms with Gasteiger partial charge in [-0.05, 0) is 49.6 Å². The molecule has 5 rings (SSSR count). The number of ether oxygens (including phenoxy) is 1. The van der Waals surface area contributed by atoms with Crippen LogP contribution in [0.3, 0.4) is 0 Å². The Morgan fingerprint density at radius 1 is 1.22 bits per heavy atom. The zero-order chi connectivity index (χ0) is 22.1. The molecule has 32 heavy (non-hydrogen) atoms. The van der Waals surface area contributed by atoms with Gasteiger partial charge in [0, 0.05) is 37.4 Å². The van der Waals surface area contributed by atoms with Crippen molar-refractivity contribution in [3.05, 3.63) is 65.6 Å². The largest absolute Gasteiger partial charge is 0.381 e. The van der Waals surface area contributed by atoms with E-state index in [2.05, 4.69) is 16.5 Å². The van der Waals surface area contributed by atoms with Crippen molar-refractivity contribution in [1.82, 2.24) is 9.88 Å². The molecule has 1 saturated heterocycles. The second-order valence-corrected chi connectivity index (χ2v) is 8.39. The maximum atomic E-state index is 14.8. The molecule has 0 bridgehead atoms. The Labute approximate surface area is 186 Å². The van der Waals surface area contributed by atoms with E-state index in [-0.39, 0.29) is 23.8 Å². The van der Waals surface area contributed by atoms with Crippen LogP contribution in [0.2, 0.25) is 0 Å². The standard InChI is InChI=1S/C25H25FN4O2/c1-17-13-30(16-27-17)20-7-5-18(6-8-20)14-29-15-21(24-22(26)3-2-4-23(24)29)25(31)28-19-9-11-32-12-10-19/h2-8,13,15-17,19H,9-12,14H2,1H3/p+1. The number of carbonyl (C=O) groups is 1. The highest BCUT2D eigenvalue weighted by Crippen LogP contribution is 2.26. The number of nitrogens with one attached hydrogen (secondary N) is 1. The van der Waals surface area contributed by atoms with E-state index in [0.717, 1.165) is 24.1 Å². The molecule has 3 heterocycles. The van der Waals surface area contributed by atoms with Crippen LogP contribution in [0, 0.1) is 5.82 Å². The highest BCUT2D eigenvalue weighted by Gasteiger charge is 2.22. The number of halogens is 1. The van der Waals surface area contributed by atoms with E-state index in [9.17, 15) is 9.18 Å².